The lowest BCUT2D eigenvalue weighted by Crippen LogP contribution is -2.44. The Kier molecular flexibility index (Phi) is 3.62. The molecule has 0 amide bonds. The standard InChI is InChI=1S/C12H21NO2/c1-2-9-5-6-13-11(7-9)12(14)15-8-10-3-4-10/h9-11,13H,2-8H2,1H3. The van der Waals surface area contributed by atoms with Gasteiger partial charge in [0.2, 0.25) is 0 Å². The monoisotopic (exact) mass is 211 g/mol. The Morgan fingerprint density at radius 1 is 1.33 bits per heavy atom. The van der Waals surface area contributed by atoms with Crippen molar-refractivity contribution in [2.45, 2.75) is 45.1 Å². The van der Waals surface area contributed by atoms with Gasteiger partial charge in [0.15, 0.2) is 0 Å². The minimum atomic E-state index is -0.0394. The van der Waals surface area contributed by atoms with Crippen LogP contribution in [0.5, 0.6) is 0 Å². The van der Waals surface area contributed by atoms with Crippen LogP contribution in [0.25, 0.3) is 0 Å². The van der Waals surface area contributed by atoms with E-state index in [0.717, 1.165) is 13.0 Å². The molecule has 0 aromatic rings. The summed E-state index contributed by atoms with van der Waals surface area (Å²) < 4.78 is 5.30. The summed E-state index contributed by atoms with van der Waals surface area (Å²) in [5.41, 5.74) is 0. The molecule has 0 bridgehead atoms. The van der Waals surface area contributed by atoms with Crippen molar-refractivity contribution in [1.82, 2.24) is 5.32 Å². The highest BCUT2D eigenvalue weighted by Crippen LogP contribution is 2.29. The number of ether oxygens (including phenoxy) is 1. The third-order valence-electron chi connectivity index (χ3n) is 3.53. The van der Waals surface area contributed by atoms with Crippen LogP contribution in [-0.4, -0.2) is 25.2 Å². The van der Waals surface area contributed by atoms with Gasteiger partial charge >= 0.3 is 5.97 Å². The topological polar surface area (TPSA) is 38.3 Å². The first-order valence-electron chi connectivity index (χ1n) is 6.19. The lowest BCUT2D eigenvalue weighted by molar-refractivity contribution is -0.147. The predicted molar refractivity (Wildman–Crippen MR) is 58.5 cm³/mol. The largest absolute Gasteiger partial charge is 0.464 e. The lowest BCUT2D eigenvalue weighted by atomic mass is 9.90. The summed E-state index contributed by atoms with van der Waals surface area (Å²) in [6.45, 7) is 3.80. The molecular formula is C12H21NO2. The fraction of sp³-hybridized carbons (Fsp3) is 0.917. The fourth-order valence-electron chi connectivity index (χ4n) is 2.13. The quantitative estimate of drug-likeness (QED) is 0.720. The maximum atomic E-state index is 11.7. The minimum Gasteiger partial charge on any atom is -0.464 e. The van der Waals surface area contributed by atoms with Crippen LogP contribution in [0.2, 0.25) is 0 Å². The van der Waals surface area contributed by atoms with Crippen molar-refractivity contribution in [2.24, 2.45) is 11.8 Å². The Balaban J connectivity index is 1.72. The Bertz CT molecular complexity index is 226. The van der Waals surface area contributed by atoms with Crippen LogP contribution in [0, 0.1) is 11.8 Å². The summed E-state index contributed by atoms with van der Waals surface area (Å²) in [6, 6.07) is -0.0394. The number of nitrogens with one attached hydrogen (secondary N) is 1. The fourth-order valence-corrected chi connectivity index (χ4v) is 2.13. The van der Waals surface area contributed by atoms with Crippen molar-refractivity contribution < 1.29 is 9.53 Å². The van der Waals surface area contributed by atoms with Crippen LogP contribution in [0.15, 0.2) is 0 Å². The van der Waals surface area contributed by atoms with E-state index in [1.165, 1.54) is 25.7 Å². The molecule has 0 aromatic heterocycles. The molecule has 2 atom stereocenters. The zero-order chi connectivity index (χ0) is 10.7. The summed E-state index contributed by atoms with van der Waals surface area (Å²) in [5, 5.41) is 3.25. The second-order valence-electron chi connectivity index (χ2n) is 4.88. The molecule has 86 valence electrons. The summed E-state index contributed by atoms with van der Waals surface area (Å²) in [4.78, 5) is 11.7. The van der Waals surface area contributed by atoms with Gasteiger partial charge in [0.05, 0.1) is 6.61 Å². The van der Waals surface area contributed by atoms with Crippen molar-refractivity contribution in [3.05, 3.63) is 0 Å². The average molecular weight is 211 g/mol. The van der Waals surface area contributed by atoms with E-state index >= 15 is 0 Å². The number of hydrogen-bond acceptors (Lipinski definition) is 3. The van der Waals surface area contributed by atoms with Crippen LogP contribution in [0.4, 0.5) is 0 Å². The molecule has 2 aliphatic rings. The molecule has 1 saturated carbocycles. The molecule has 0 radical (unpaired) electrons. The van der Waals surface area contributed by atoms with Crippen molar-refractivity contribution in [3.63, 3.8) is 0 Å². The first-order chi connectivity index (χ1) is 7.29. The Labute approximate surface area is 91.6 Å². The molecule has 3 heteroatoms. The number of esters is 1. The summed E-state index contributed by atoms with van der Waals surface area (Å²) in [7, 11) is 0. The van der Waals surface area contributed by atoms with E-state index in [1.807, 2.05) is 0 Å². The number of carbonyl (C=O) groups is 1. The second-order valence-corrected chi connectivity index (χ2v) is 4.88. The van der Waals surface area contributed by atoms with Gasteiger partial charge in [-0.15, -0.1) is 0 Å². The van der Waals surface area contributed by atoms with Crippen molar-refractivity contribution >= 4 is 5.97 Å². The van der Waals surface area contributed by atoms with E-state index in [2.05, 4.69) is 12.2 Å². The first-order valence-corrected chi connectivity index (χ1v) is 6.19. The first kappa shape index (κ1) is 10.9. The van der Waals surface area contributed by atoms with Crippen LogP contribution in [-0.2, 0) is 9.53 Å². The molecule has 1 heterocycles. The minimum absolute atomic E-state index is 0.0277. The van der Waals surface area contributed by atoms with Gasteiger partial charge in [-0.1, -0.05) is 13.3 Å². The van der Waals surface area contributed by atoms with Gasteiger partial charge in [0.1, 0.15) is 6.04 Å². The average Bonchev–Trinajstić information content (AvgIpc) is 3.10. The van der Waals surface area contributed by atoms with Crippen molar-refractivity contribution in [3.8, 4) is 0 Å². The number of carbonyl (C=O) groups excluding carboxylic acids is 1. The highest BCUT2D eigenvalue weighted by atomic mass is 16.5. The Morgan fingerprint density at radius 2 is 2.13 bits per heavy atom. The van der Waals surface area contributed by atoms with Gasteiger partial charge in [0.25, 0.3) is 0 Å². The maximum absolute atomic E-state index is 11.7. The third kappa shape index (κ3) is 3.20. The molecule has 15 heavy (non-hydrogen) atoms. The zero-order valence-electron chi connectivity index (χ0n) is 9.50. The predicted octanol–water partition coefficient (Wildman–Crippen LogP) is 1.72. The molecule has 2 rings (SSSR count). The molecule has 2 fully saturated rings. The lowest BCUT2D eigenvalue weighted by Gasteiger charge is -2.28. The summed E-state index contributed by atoms with van der Waals surface area (Å²) in [6.07, 6.45) is 5.81. The van der Waals surface area contributed by atoms with E-state index in [4.69, 9.17) is 4.74 Å². The van der Waals surface area contributed by atoms with Crippen LogP contribution < -0.4 is 5.32 Å². The number of piperidine rings is 1. The molecule has 1 aliphatic heterocycles. The molecule has 3 nitrogen and oxygen atoms in total. The highest BCUT2D eigenvalue weighted by Gasteiger charge is 2.29. The van der Waals surface area contributed by atoms with Gasteiger partial charge in [-0.3, -0.25) is 4.79 Å². The van der Waals surface area contributed by atoms with Crippen molar-refractivity contribution in [2.75, 3.05) is 13.2 Å². The smallest absolute Gasteiger partial charge is 0.323 e. The van der Waals surface area contributed by atoms with Gasteiger partial charge in [-0.05, 0) is 44.1 Å². The van der Waals surface area contributed by atoms with E-state index in [0.29, 0.717) is 18.4 Å². The Hall–Kier alpha value is -0.570. The van der Waals surface area contributed by atoms with Gasteiger partial charge < -0.3 is 10.1 Å². The van der Waals surface area contributed by atoms with Crippen molar-refractivity contribution in [1.29, 1.82) is 0 Å². The highest BCUT2D eigenvalue weighted by molar-refractivity contribution is 5.75. The molecule has 0 aromatic carbocycles. The third-order valence-corrected chi connectivity index (χ3v) is 3.53. The zero-order valence-corrected chi connectivity index (χ0v) is 9.50. The van der Waals surface area contributed by atoms with E-state index in [1.54, 1.807) is 0 Å². The maximum Gasteiger partial charge on any atom is 0.323 e. The second kappa shape index (κ2) is 4.97. The van der Waals surface area contributed by atoms with Gasteiger partial charge in [-0.25, -0.2) is 0 Å². The van der Waals surface area contributed by atoms with Crippen LogP contribution in [0.3, 0.4) is 0 Å². The SMILES string of the molecule is CCC1CCNC(C(=O)OCC2CC2)C1. The molecule has 0 spiro atoms. The van der Waals surface area contributed by atoms with E-state index in [-0.39, 0.29) is 12.0 Å². The number of hydrogen-bond donors (Lipinski definition) is 1. The van der Waals surface area contributed by atoms with Crippen LogP contribution >= 0.6 is 0 Å². The summed E-state index contributed by atoms with van der Waals surface area (Å²) >= 11 is 0. The molecule has 1 N–H and O–H groups in total. The molecule has 1 aliphatic carbocycles. The number of rotatable bonds is 4. The molecule has 2 unspecified atom stereocenters. The van der Waals surface area contributed by atoms with Crippen LogP contribution in [0.1, 0.15) is 39.0 Å². The molecule has 1 saturated heterocycles. The Morgan fingerprint density at radius 3 is 2.80 bits per heavy atom. The van der Waals surface area contributed by atoms with Gasteiger partial charge in [0, 0.05) is 0 Å². The van der Waals surface area contributed by atoms with E-state index < -0.39 is 0 Å². The van der Waals surface area contributed by atoms with E-state index in [9.17, 15) is 4.79 Å². The molecular weight excluding hydrogens is 190 g/mol. The summed E-state index contributed by atoms with van der Waals surface area (Å²) in [5.74, 6) is 1.34. The normalized spacial score (nSPS) is 31.3. The van der Waals surface area contributed by atoms with Gasteiger partial charge in [-0.2, -0.15) is 0 Å².